The molecule has 0 N–H and O–H groups in total. The summed E-state index contributed by atoms with van der Waals surface area (Å²) in [5.41, 5.74) is 0.710. The fourth-order valence-corrected chi connectivity index (χ4v) is 4.40. The number of ether oxygens (including phenoxy) is 1. The number of halogens is 3. The largest absolute Gasteiger partial charge is 0.449 e. The van der Waals surface area contributed by atoms with Crippen LogP contribution in [0.2, 0.25) is 0 Å². The van der Waals surface area contributed by atoms with Gasteiger partial charge in [-0.25, -0.2) is 19.1 Å². The first-order valence-corrected chi connectivity index (χ1v) is 12.7. The van der Waals surface area contributed by atoms with Crippen molar-refractivity contribution < 1.29 is 27.5 Å². The van der Waals surface area contributed by atoms with Crippen molar-refractivity contribution in [2.45, 2.75) is 59.3 Å². The summed E-state index contributed by atoms with van der Waals surface area (Å²) in [6.07, 6.45) is 0.381. The monoisotopic (exact) mass is 532 g/mol. The Labute approximate surface area is 218 Å². The number of urea groups is 1. The van der Waals surface area contributed by atoms with Gasteiger partial charge in [-0.2, -0.15) is 18.3 Å². The van der Waals surface area contributed by atoms with Crippen molar-refractivity contribution in [2.75, 3.05) is 24.6 Å². The molecule has 0 unspecified atom stereocenters. The fourth-order valence-electron chi connectivity index (χ4n) is 4.40. The van der Waals surface area contributed by atoms with Crippen LogP contribution in [0.15, 0.2) is 36.7 Å². The van der Waals surface area contributed by atoms with Crippen LogP contribution in [0.3, 0.4) is 0 Å². The normalized spacial score (nSPS) is 13.7. The SMILES string of the molecule is CCCCOC(=O)n1c(-c2cnn(Cc3cccc(C(F)(F)F)c3)c2)nc2c1CN(CCC)C(=O)N2CC. The van der Waals surface area contributed by atoms with Crippen LogP contribution in [0.25, 0.3) is 11.4 Å². The Morgan fingerprint density at radius 1 is 1.16 bits per heavy atom. The number of carbonyl (C=O) groups is 2. The topological polar surface area (TPSA) is 85.5 Å². The lowest BCUT2D eigenvalue weighted by molar-refractivity contribution is -0.137. The van der Waals surface area contributed by atoms with Gasteiger partial charge in [-0.1, -0.05) is 32.4 Å². The zero-order valence-corrected chi connectivity index (χ0v) is 21.7. The van der Waals surface area contributed by atoms with Crippen molar-refractivity contribution >= 4 is 17.9 Å². The number of amides is 2. The van der Waals surface area contributed by atoms with Crippen LogP contribution in [0.5, 0.6) is 0 Å². The average molecular weight is 533 g/mol. The van der Waals surface area contributed by atoms with Crippen molar-refractivity contribution in [1.29, 1.82) is 0 Å². The first kappa shape index (κ1) is 27.2. The summed E-state index contributed by atoms with van der Waals surface area (Å²) in [4.78, 5) is 34.2. The van der Waals surface area contributed by atoms with Crippen LogP contribution in [0.1, 0.15) is 56.9 Å². The maximum Gasteiger partial charge on any atom is 0.420 e. The molecule has 0 aliphatic carbocycles. The number of aromatic nitrogens is 4. The molecule has 0 fully saturated rings. The van der Waals surface area contributed by atoms with E-state index in [2.05, 4.69) is 10.1 Å². The maximum atomic E-state index is 13.3. The third-order valence-electron chi connectivity index (χ3n) is 6.26. The molecule has 0 bridgehead atoms. The zero-order chi connectivity index (χ0) is 27.4. The Morgan fingerprint density at radius 2 is 1.95 bits per heavy atom. The molecule has 0 saturated carbocycles. The first-order chi connectivity index (χ1) is 18.2. The van der Waals surface area contributed by atoms with Gasteiger partial charge >= 0.3 is 18.3 Å². The van der Waals surface area contributed by atoms with Gasteiger partial charge in [-0.3, -0.25) is 9.58 Å². The Kier molecular flexibility index (Phi) is 8.08. The summed E-state index contributed by atoms with van der Waals surface area (Å²) in [5.74, 6) is 0.648. The quantitative estimate of drug-likeness (QED) is 0.327. The number of unbranched alkanes of at least 4 members (excludes halogenated alkanes) is 1. The number of imidazole rings is 1. The van der Waals surface area contributed by atoms with Crippen LogP contribution in [-0.4, -0.2) is 56.1 Å². The maximum absolute atomic E-state index is 13.3. The van der Waals surface area contributed by atoms with Crippen LogP contribution in [0.4, 0.5) is 28.6 Å². The molecule has 1 aliphatic heterocycles. The molecule has 9 nitrogen and oxygen atoms in total. The molecule has 38 heavy (non-hydrogen) atoms. The van der Waals surface area contributed by atoms with Gasteiger partial charge in [0.1, 0.15) is 0 Å². The Balaban J connectivity index is 1.72. The van der Waals surface area contributed by atoms with Gasteiger partial charge in [-0.15, -0.1) is 0 Å². The minimum Gasteiger partial charge on any atom is -0.449 e. The minimum atomic E-state index is -4.44. The Morgan fingerprint density at radius 3 is 2.63 bits per heavy atom. The fraction of sp³-hybridized carbons (Fsp3) is 0.462. The highest BCUT2D eigenvalue weighted by molar-refractivity contribution is 5.95. The molecule has 1 aliphatic rings. The number of nitrogens with zero attached hydrogens (tertiary/aromatic N) is 6. The van der Waals surface area contributed by atoms with Crippen LogP contribution >= 0.6 is 0 Å². The number of rotatable bonds is 9. The predicted octanol–water partition coefficient (Wildman–Crippen LogP) is 5.77. The second kappa shape index (κ2) is 11.3. The molecule has 1 aromatic carbocycles. The molecule has 3 aromatic rings. The minimum absolute atomic E-state index is 0.0924. The van der Waals surface area contributed by atoms with E-state index in [1.165, 1.54) is 26.4 Å². The lowest BCUT2D eigenvalue weighted by Crippen LogP contribution is -2.48. The van der Waals surface area contributed by atoms with Crippen LogP contribution < -0.4 is 4.90 Å². The van der Waals surface area contributed by atoms with E-state index in [-0.39, 0.29) is 31.6 Å². The van der Waals surface area contributed by atoms with Gasteiger partial charge in [-0.05, 0) is 37.5 Å². The van der Waals surface area contributed by atoms with Crippen molar-refractivity contribution in [1.82, 2.24) is 24.2 Å². The highest BCUT2D eigenvalue weighted by Gasteiger charge is 2.37. The zero-order valence-electron chi connectivity index (χ0n) is 21.7. The summed E-state index contributed by atoms with van der Waals surface area (Å²) >= 11 is 0. The molecule has 204 valence electrons. The lowest BCUT2D eigenvalue weighted by atomic mass is 10.1. The summed E-state index contributed by atoms with van der Waals surface area (Å²) in [5, 5.41) is 4.30. The number of alkyl halides is 3. The molecule has 4 rings (SSSR count). The third kappa shape index (κ3) is 5.53. The van der Waals surface area contributed by atoms with E-state index in [4.69, 9.17) is 4.74 Å². The molecule has 2 amide bonds. The molecule has 12 heteroatoms. The number of hydrogen-bond donors (Lipinski definition) is 0. The standard InChI is InChI=1S/C26H31F3N6O3/c1-4-7-12-38-25(37)35-21-17-32(11-5-2)24(36)34(6-3)23(21)31-22(35)19-14-30-33(16-19)15-18-9-8-10-20(13-18)26(27,28)29/h8-10,13-14,16H,4-7,11-12,15,17H2,1-3H3. The van der Waals surface area contributed by atoms with Gasteiger partial charge in [0.2, 0.25) is 0 Å². The van der Waals surface area contributed by atoms with Gasteiger partial charge in [0.15, 0.2) is 11.6 Å². The van der Waals surface area contributed by atoms with E-state index >= 15 is 0 Å². The van der Waals surface area contributed by atoms with E-state index in [0.29, 0.717) is 42.1 Å². The molecular formula is C26H31F3N6O3. The van der Waals surface area contributed by atoms with Gasteiger partial charge in [0.05, 0.1) is 42.7 Å². The summed E-state index contributed by atoms with van der Waals surface area (Å²) in [6.45, 7) is 7.22. The van der Waals surface area contributed by atoms with Gasteiger partial charge in [0, 0.05) is 19.3 Å². The number of anilines is 1. The van der Waals surface area contributed by atoms with Crippen molar-refractivity contribution in [3.63, 3.8) is 0 Å². The predicted molar refractivity (Wildman–Crippen MR) is 135 cm³/mol. The first-order valence-electron chi connectivity index (χ1n) is 12.7. The Hall–Kier alpha value is -3.83. The smallest absolute Gasteiger partial charge is 0.420 e. The molecule has 0 spiro atoms. The van der Waals surface area contributed by atoms with Gasteiger partial charge < -0.3 is 9.64 Å². The molecule has 0 saturated heterocycles. The van der Waals surface area contributed by atoms with Crippen LogP contribution in [-0.2, 0) is 24.0 Å². The van der Waals surface area contributed by atoms with Crippen molar-refractivity contribution in [3.05, 3.63) is 53.5 Å². The molecule has 3 heterocycles. The number of fused-ring (bicyclic) bond motifs is 1. The number of carbonyl (C=O) groups excluding carboxylic acids is 2. The molecule has 0 radical (unpaired) electrons. The van der Waals surface area contributed by atoms with E-state index in [0.717, 1.165) is 25.0 Å². The average Bonchev–Trinajstić information content (AvgIpc) is 3.49. The summed E-state index contributed by atoms with van der Waals surface area (Å²) in [7, 11) is 0. The Bertz CT molecular complexity index is 1300. The summed E-state index contributed by atoms with van der Waals surface area (Å²) < 4.78 is 47.8. The second-order valence-electron chi connectivity index (χ2n) is 9.08. The van der Waals surface area contributed by atoms with Crippen LogP contribution in [0, 0.1) is 0 Å². The highest BCUT2D eigenvalue weighted by Crippen LogP contribution is 2.34. The van der Waals surface area contributed by atoms with Gasteiger partial charge in [0.25, 0.3) is 0 Å². The highest BCUT2D eigenvalue weighted by atomic mass is 19.4. The lowest BCUT2D eigenvalue weighted by Gasteiger charge is -2.34. The molecule has 2 aromatic heterocycles. The number of benzene rings is 1. The number of hydrogen-bond acceptors (Lipinski definition) is 5. The van der Waals surface area contributed by atoms with E-state index in [1.807, 2.05) is 20.8 Å². The van der Waals surface area contributed by atoms with E-state index in [9.17, 15) is 22.8 Å². The summed E-state index contributed by atoms with van der Waals surface area (Å²) in [6, 6.07) is 4.87. The molecule has 0 atom stereocenters. The molecular weight excluding hydrogens is 501 g/mol. The van der Waals surface area contributed by atoms with E-state index < -0.39 is 17.8 Å². The third-order valence-corrected chi connectivity index (χ3v) is 6.26. The van der Waals surface area contributed by atoms with E-state index in [1.54, 1.807) is 17.2 Å². The van der Waals surface area contributed by atoms with Crippen molar-refractivity contribution in [2.24, 2.45) is 0 Å². The second-order valence-corrected chi connectivity index (χ2v) is 9.08. The van der Waals surface area contributed by atoms with Crippen molar-refractivity contribution in [3.8, 4) is 11.4 Å².